The van der Waals surface area contributed by atoms with Gasteiger partial charge >= 0.3 is 0 Å². The smallest absolute Gasteiger partial charge is 0.251 e. The Labute approximate surface area is 813 Å². The number of hydrogen-bond acceptors (Lipinski definition) is 34. The molecule has 1 heterocycles. The molecular weight excluding hydrogens is 1760 g/mol. The zero-order valence-corrected chi connectivity index (χ0v) is 84.5. The Hall–Kier alpha value is -3.11. The van der Waals surface area contributed by atoms with Crippen molar-refractivity contribution in [2.24, 2.45) is 0 Å². The second-order valence-electron chi connectivity index (χ2n) is 32.2. The maximum absolute atomic E-state index is 14.5. The van der Waals surface area contributed by atoms with Gasteiger partial charge in [-0.1, -0.05) is 181 Å². The van der Waals surface area contributed by atoms with Crippen LogP contribution in [0.2, 0.25) is 0 Å². The third-order valence-electron chi connectivity index (χ3n) is 20.8. The first-order chi connectivity index (χ1) is 67.1. The number of hydrogen-bond donors (Lipinski definition) is 2. The van der Waals surface area contributed by atoms with Crippen molar-refractivity contribution >= 4 is 5.91 Å². The molecule has 2 N–H and O–H groups in total. The number of aliphatic hydroxyl groups is 1. The van der Waals surface area contributed by atoms with Gasteiger partial charge in [0.1, 0.15) is 0 Å². The van der Waals surface area contributed by atoms with Gasteiger partial charge in [-0.15, -0.1) is 0 Å². The number of unbranched alkanes of at least 4 members (excludes halogenated alkanes) is 26. The fourth-order valence-electron chi connectivity index (χ4n) is 13.2. The number of nitrogens with one attached hydrogen (secondary N) is 1. The van der Waals surface area contributed by atoms with E-state index in [1.165, 1.54) is 141 Å². The summed E-state index contributed by atoms with van der Waals surface area (Å²) >= 11 is 0. The topological polar surface area (TPSA) is 345 Å². The highest BCUT2D eigenvalue weighted by Crippen LogP contribution is 2.39. The Bertz CT molecular complexity index is 2400. The number of ether oxygens (including phenoxy) is 32. The number of aliphatic hydroxyl groups excluding tert-OH is 1. The molecule has 2 rings (SSSR count). The van der Waals surface area contributed by atoms with E-state index in [1.54, 1.807) is 19.2 Å². The lowest BCUT2D eigenvalue weighted by atomic mass is 10.0. The minimum absolute atomic E-state index is 0.0328. The van der Waals surface area contributed by atoms with E-state index in [2.05, 4.69) is 19.2 Å². The minimum Gasteiger partial charge on any atom is -0.490 e. The number of carbonyl (C=O) groups excluding carboxylic acids is 1. The largest absolute Gasteiger partial charge is 0.490 e. The van der Waals surface area contributed by atoms with Crippen molar-refractivity contribution in [3.63, 3.8) is 0 Å². The van der Waals surface area contributed by atoms with Crippen molar-refractivity contribution in [1.82, 2.24) is 5.32 Å². The summed E-state index contributed by atoms with van der Waals surface area (Å²) in [7, 11) is 1.60. The molecule has 0 radical (unpaired) electrons. The first kappa shape index (κ1) is 128. The molecule has 0 aromatic heterocycles. The van der Waals surface area contributed by atoms with Crippen LogP contribution < -0.4 is 19.5 Å². The lowest BCUT2D eigenvalue weighted by Gasteiger charge is -2.25. The van der Waals surface area contributed by atoms with Crippen LogP contribution in [0.3, 0.4) is 0 Å². The molecule has 1 aliphatic heterocycles. The van der Waals surface area contributed by atoms with Gasteiger partial charge in [0.15, 0.2) is 11.5 Å². The Balaban J connectivity index is 1.84. The van der Waals surface area contributed by atoms with Gasteiger partial charge in [-0.05, 0) is 25.0 Å². The molecule has 1 amide bonds. The average Bonchev–Trinajstić information content (AvgIpc) is 0.812. The van der Waals surface area contributed by atoms with Crippen molar-refractivity contribution in [1.29, 1.82) is 0 Å². The standard InChI is InChI=1S/C100H191NO34/c1-4-6-8-10-12-14-16-18-20-22-24-26-28-30-32-134-97-90-94(91-98(99(97)104-3)135-33-31-29-27-25-23-21-19-17-15-13-11-9-7-5-2)100(103)101-95-92-132-88-86-130-84-82-128-80-78-126-76-74-124-72-70-122-68-66-120-64-62-118-60-58-116-56-54-114-52-50-112-48-46-110-44-42-108-40-38-106-36-34-105-35-37-107-39-41-109-43-45-111-47-49-113-51-53-115-55-57-117-59-61-119-63-65-121-67-69-123-71-73-125-75-77-127-79-81-129-83-85-131-87-89-133-93-96(95)102/h90-91,95-96,102H,4-89,92-93H2,1-3H3,(H,101,103). The third-order valence-corrected chi connectivity index (χ3v) is 20.8. The van der Waals surface area contributed by atoms with Crippen LogP contribution in [0.1, 0.15) is 204 Å². The van der Waals surface area contributed by atoms with Crippen molar-refractivity contribution in [2.45, 2.75) is 206 Å². The molecule has 35 heteroatoms. The van der Waals surface area contributed by atoms with E-state index in [9.17, 15) is 9.90 Å². The van der Waals surface area contributed by atoms with E-state index >= 15 is 0 Å². The number of rotatable bonds is 35. The third kappa shape index (κ3) is 95.5. The van der Waals surface area contributed by atoms with Gasteiger partial charge in [0.05, 0.1) is 416 Å². The molecule has 2 unspecified atom stereocenters. The Morgan fingerprint density at radius 1 is 0.237 bits per heavy atom. The molecule has 1 aromatic rings. The average molecular weight is 1950 g/mol. The van der Waals surface area contributed by atoms with Crippen LogP contribution in [0, 0.1) is 0 Å². The Kier molecular flexibility index (Phi) is 105. The quantitative estimate of drug-likeness (QED) is 0.0596. The van der Waals surface area contributed by atoms with E-state index in [1.807, 2.05) is 0 Å². The maximum atomic E-state index is 14.5. The highest BCUT2D eigenvalue weighted by Gasteiger charge is 2.26. The summed E-state index contributed by atoms with van der Waals surface area (Å²) < 4.78 is 182. The first-order valence-corrected chi connectivity index (χ1v) is 51.8. The van der Waals surface area contributed by atoms with Crippen molar-refractivity contribution < 1.29 is 161 Å². The number of carbonyl (C=O) groups is 1. The van der Waals surface area contributed by atoms with Crippen LogP contribution in [0.25, 0.3) is 0 Å². The van der Waals surface area contributed by atoms with E-state index < -0.39 is 18.1 Å². The van der Waals surface area contributed by atoms with Gasteiger partial charge < -0.3 is 162 Å². The highest BCUT2D eigenvalue weighted by molar-refractivity contribution is 5.96. The summed E-state index contributed by atoms with van der Waals surface area (Å²) in [6.07, 6.45) is 34.0. The zero-order chi connectivity index (χ0) is 96.0. The predicted molar refractivity (Wildman–Crippen MR) is 516 cm³/mol. The van der Waals surface area contributed by atoms with Crippen molar-refractivity contribution in [3.05, 3.63) is 17.7 Å². The molecule has 35 nitrogen and oxygen atoms in total. The molecule has 800 valence electrons. The maximum Gasteiger partial charge on any atom is 0.251 e. The van der Waals surface area contributed by atoms with Gasteiger partial charge in [-0.3, -0.25) is 4.79 Å². The molecule has 2 atom stereocenters. The molecule has 0 spiro atoms. The zero-order valence-electron chi connectivity index (χ0n) is 84.5. The summed E-state index contributed by atoms with van der Waals surface area (Å²) in [4.78, 5) is 14.5. The van der Waals surface area contributed by atoms with Gasteiger partial charge in [-0.25, -0.2) is 0 Å². The summed E-state index contributed by atoms with van der Waals surface area (Å²) in [6, 6.07) is 2.52. The van der Waals surface area contributed by atoms with Crippen LogP contribution in [-0.4, -0.2) is 427 Å². The molecule has 0 bridgehead atoms. The van der Waals surface area contributed by atoms with E-state index in [-0.39, 0.29) is 39.6 Å². The summed E-state index contributed by atoms with van der Waals surface area (Å²) in [6.45, 7) is 29.5. The van der Waals surface area contributed by atoms with Gasteiger partial charge in [0.25, 0.3) is 5.91 Å². The number of benzene rings is 1. The normalized spacial score (nSPS) is 20.9. The first-order valence-electron chi connectivity index (χ1n) is 51.8. The summed E-state index contributed by atoms with van der Waals surface area (Å²) in [5, 5.41) is 14.7. The van der Waals surface area contributed by atoms with Crippen molar-refractivity contribution in [3.8, 4) is 17.2 Å². The van der Waals surface area contributed by atoms with E-state index in [4.69, 9.17) is 152 Å². The molecule has 1 fully saturated rings. The lowest BCUT2D eigenvalue weighted by Crippen LogP contribution is -2.48. The van der Waals surface area contributed by atoms with Crippen LogP contribution in [0.15, 0.2) is 12.1 Å². The molecular formula is C100H191NO34. The monoisotopic (exact) mass is 1950 g/mol. The Morgan fingerprint density at radius 3 is 0.548 bits per heavy atom. The second kappa shape index (κ2) is 111. The fourth-order valence-corrected chi connectivity index (χ4v) is 13.2. The Morgan fingerprint density at radius 2 is 0.385 bits per heavy atom. The summed E-state index contributed by atoms with van der Waals surface area (Å²) in [5.74, 6) is 0.859. The SMILES string of the molecule is CCCCCCCCCCCCCCCCOc1cc(C(=O)NC2COCCOCCOCCOCCOCCOCCOCCOCCOCCOCCOCCOCCOCCOCCOCCOCCOCCOCCOCCOCCOCCOCCOCCOCCOCCOCCOCCOCCOCC2O)cc(OCCCCCCCCCCCCCCCC)c1OC. The predicted octanol–water partition coefficient (Wildman–Crippen LogP) is 12.4. The van der Waals surface area contributed by atoms with Crippen LogP contribution in [-0.2, 0) is 137 Å². The lowest BCUT2D eigenvalue weighted by molar-refractivity contribution is -0.0402. The summed E-state index contributed by atoms with van der Waals surface area (Å²) in [5.41, 5.74) is 0.298. The number of methoxy groups -OCH3 is 1. The second-order valence-corrected chi connectivity index (χ2v) is 32.2. The highest BCUT2D eigenvalue weighted by atomic mass is 16.6. The van der Waals surface area contributed by atoms with Crippen LogP contribution in [0.4, 0.5) is 0 Å². The molecule has 0 aliphatic carbocycles. The van der Waals surface area contributed by atoms with E-state index in [0.29, 0.717) is 380 Å². The number of amides is 1. The van der Waals surface area contributed by atoms with Crippen LogP contribution >= 0.6 is 0 Å². The van der Waals surface area contributed by atoms with E-state index in [0.717, 1.165) is 38.5 Å². The molecule has 1 aromatic carbocycles. The fraction of sp³-hybridized carbons (Fsp3) is 0.930. The van der Waals surface area contributed by atoms with Gasteiger partial charge in [0.2, 0.25) is 5.75 Å². The molecule has 1 aliphatic rings. The van der Waals surface area contributed by atoms with Crippen molar-refractivity contribution in [2.75, 3.05) is 404 Å². The van der Waals surface area contributed by atoms with Gasteiger partial charge in [-0.2, -0.15) is 0 Å². The van der Waals surface area contributed by atoms with Crippen LogP contribution in [0.5, 0.6) is 17.2 Å². The molecule has 135 heavy (non-hydrogen) atoms. The minimum atomic E-state index is -1.15. The molecule has 0 saturated carbocycles. The van der Waals surface area contributed by atoms with Gasteiger partial charge in [0, 0.05) is 5.56 Å². The molecule has 1 saturated heterocycles.